The van der Waals surface area contributed by atoms with Crippen LogP contribution in [-0.2, 0) is 0 Å². The van der Waals surface area contributed by atoms with Gasteiger partial charge in [0.05, 0.1) is 6.61 Å². The lowest BCUT2D eigenvalue weighted by molar-refractivity contribution is 0.225. The van der Waals surface area contributed by atoms with Crippen LogP contribution in [0.4, 0.5) is 11.4 Å². The number of nitrogens with zero attached hydrogens (tertiary/aromatic N) is 2. The largest absolute Gasteiger partial charge is 0.494 e. The molecule has 0 aromatic heterocycles. The van der Waals surface area contributed by atoms with E-state index >= 15 is 0 Å². The Labute approximate surface area is 138 Å². The number of ether oxygens (including phenoxy) is 1. The molecule has 0 atom stereocenters. The van der Waals surface area contributed by atoms with Crippen molar-refractivity contribution < 1.29 is 4.74 Å². The van der Waals surface area contributed by atoms with E-state index in [9.17, 15) is 0 Å². The molecule has 0 amide bonds. The Hall–Kier alpha value is -2.20. The molecule has 0 aliphatic carbocycles. The van der Waals surface area contributed by atoms with Crippen molar-refractivity contribution in [1.82, 2.24) is 4.90 Å². The highest BCUT2D eigenvalue weighted by Crippen LogP contribution is 2.18. The number of rotatable bonds is 6. The van der Waals surface area contributed by atoms with Gasteiger partial charge in [0.2, 0.25) is 0 Å². The lowest BCUT2D eigenvalue weighted by Crippen LogP contribution is -2.46. The second-order valence-electron chi connectivity index (χ2n) is 5.94. The van der Waals surface area contributed by atoms with Crippen LogP contribution in [-0.4, -0.2) is 44.2 Å². The summed E-state index contributed by atoms with van der Waals surface area (Å²) in [6.07, 6.45) is 1.07. The lowest BCUT2D eigenvalue weighted by atomic mass is 10.2. The molecular weight excluding hydrogens is 286 g/mol. The van der Waals surface area contributed by atoms with Crippen LogP contribution in [0.15, 0.2) is 54.6 Å². The molecule has 23 heavy (non-hydrogen) atoms. The Balaban J connectivity index is 1.35. The molecule has 2 N–H and O–H groups in total. The molecule has 1 aliphatic rings. The van der Waals surface area contributed by atoms with Gasteiger partial charge in [0.15, 0.2) is 0 Å². The van der Waals surface area contributed by atoms with E-state index in [4.69, 9.17) is 10.5 Å². The minimum Gasteiger partial charge on any atom is -0.494 e. The van der Waals surface area contributed by atoms with Gasteiger partial charge in [-0.2, -0.15) is 0 Å². The average Bonchev–Trinajstić information content (AvgIpc) is 2.61. The predicted molar refractivity (Wildman–Crippen MR) is 96.1 cm³/mol. The lowest BCUT2D eigenvalue weighted by Gasteiger charge is -2.36. The quantitative estimate of drug-likeness (QED) is 0.658. The summed E-state index contributed by atoms with van der Waals surface area (Å²) in [7, 11) is 0. The van der Waals surface area contributed by atoms with E-state index in [1.807, 2.05) is 42.5 Å². The summed E-state index contributed by atoms with van der Waals surface area (Å²) in [5, 5.41) is 0. The molecule has 122 valence electrons. The van der Waals surface area contributed by atoms with E-state index in [-0.39, 0.29) is 0 Å². The van der Waals surface area contributed by atoms with Crippen molar-refractivity contribution in [3.63, 3.8) is 0 Å². The third-order valence-electron chi connectivity index (χ3n) is 4.26. The fourth-order valence-corrected chi connectivity index (χ4v) is 2.91. The fraction of sp³-hybridized carbons (Fsp3) is 0.368. The maximum Gasteiger partial charge on any atom is 0.119 e. The molecular formula is C19H25N3O. The molecule has 1 fully saturated rings. The van der Waals surface area contributed by atoms with E-state index < -0.39 is 0 Å². The summed E-state index contributed by atoms with van der Waals surface area (Å²) in [5.74, 6) is 0.959. The SMILES string of the molecule is Nc1ccc(N2CCN(CCCOc3ccccc3)CC2)cc1. The van der Waals surface area contributed by atoms with Gasteiger partial charge in [0.25, 0.3) is 0 Å². The summed E-state index contributed by atoms with van der Waals surface area (Å²) >= 11 is 0. The van der Waals surface area contributed by atoms with Crippen molar-refractivity contribution in [2.45, 2.75) is 6.42 Å². The average molecular weight is 311 g/mol. The van der Waals surface area contributed by atoms with Crippen LogP contribution in [0.3, 0.4) is 0 Å². The Bertz CT molecular complexity index is 577. The number of anilines is 2. The Morgan fingerprint density at radius 3 is 2.26 bits per heavy atom. The third-order valence-corrected chi connectivity index (χ3v) is 4.26. The van der Waals surface area contributed by atoms with Crippen LogP contribution in [0.2, 0.25) is 0 Å². The molecule has 0 unspecified atom stereocenters. The fourth-order valence-electron chi connectivity index (χ4n) is 2.91. The van der Waals surface area contributed by atoms with Crippen LogP contribution < -0.4 is 15.4 Å². The van der Waals surface area contributed by atoms with Crippen molar-refractivity contribution in [2.24, 2.45) is 0 Å². The van der Waals surface area contributed by atoms with Gasteiger partial charge in [-0.05, 0) is 42.8 Å². The first-order valence-corrected chi connectivity index (χ1v) is 8.32. The third kappa shape index (κ3) is 4.63. The van der Waals surface area contributed by atoms with Gasteiger partial charge in [-0.1, -0.05) is 18.2 Å². The van der Waals surface area contributed by atoms with Crippen LogP contribution in [0.5, 0.6) is 5.75 Å². The van der Waals surface area contributed by atoms with E-state index in [0.717, 1.165) is 57.2 Å². The van der Waals surface area contributed by atoms with Gasteiger partial charge in [0, 0.05) is 44.1 Å². The van der Waals surface area contributed by atoms with Crippen LogP contribution in [0.1, 0.15) is 6.42 Å². The van der Waals surface area contributed by atoms with Gasteiger partial charge < -0.3 is 15.4 Å². The molecule has 2 aromatic carbocycles. The maximum atomic E-state index is 5.75. The molecule has 1 heterocycles. The van der Waals surface area contributed by atoms with Gasteiger partial charge in [-0.15, -0.1) is 0 Å². The topological polar surface area (TPSA) is 41.7 Å². The number of piperazine rings is 1. The molecule has 0 saturated carbocycles. The number of nitrogens with two attached hydrogens (primary N) is 1. The monoisotopic (exact) mass is 311 g/mol. The van der Waals surface area contributed by atoms with E-state index in [0.29, 0.717) is 0 Å². The second-order valence-corrected chi connectivity index (χ2v) is 5.94. The van der Waals surface area contributed by atoms with Crippen molar-refractivity contribution in [3.05, 3.63) is 54.6 Å². The highest BCUT2D eigenvalue weighted by atomic mass is 16.5. The molecule has 0 bridgehead atoms. The van der Waals surface area contributed by atoms with Crippen molar-refractivity contribution in [3.8, 4) is 5.75 Å². The van der Waals surface area contributed by atoms with E-state index in [1.165, 1.54) is 5.69 Å². The molecule has 1 aliphatic heterocycles. The van der Waals surface area contributed by atoms with Crippen molar-refractivity contribution in [2.75, 3.05) is 50.0 Å². The standard InChI is InChI=1S/C19H25N3O/c20-17-7-9-18(10-8-17)22-14-12-21(13-15-22)11-4-16-23-19-5-2-1-3-6-19/h1-3,5-10H,4,11-16,20H2. The molecule has 1 saturated heterocycles. The first-order valence-electron chi connectivity index (χ1n) is 8.32. The second kappa shape index (κ2) is 7.88. The molecule has 0 spiro atoms. The predicted octanol–water partition coefficient (Wildman–Crippen LogP) is 2.86. The smallest absolute Gasteiger partial charge is 0.119 e. The maximum absolute atomic E-state index is 5.75. The molecule has 0 radical (unpaired) electrons. The zero-order chi connectivity index (χ0) is 15.9. The zero-order valence-corrected chi connectivity index (χ0v) is 13.5. The first-order chi connectivity index (χ1) is 11.3. The van der Waals surface area contributed by atoms with Gasteiger partial charge in [-0.25, -0.2) is 0 Å². The van der Waals surface area contributed by atoms with Crippen LogP contribution in [0.25, 0.3) is 0 Å². The van der Waals surface area contributed by atoms with E-state index in [1.54, 1.807) is 0 Å². The molecule has 4 heteroatoms. The Morgan fingerprint density at radius 1 is 0.870 bits per heavy atom. The minimum absolute atomic E-state index is 0.780. The summed E-state index contributed by atoms with van der Waals surface area (Å²) in [6.45, 7) is 6.24. The highest BCUT2D eigenvalue weighted by Gasteiger charge is 2.16. The van der Waals surface area contributed by atoms with E-state index in [2.05, 4.69) is 21.9 Å². The number of para-hydroxylation sites is 1. The van der Waals surface area contributed by atoms with Crippen LogP contribution in [0, 0.1) is 0 Å². The van der Waals surface area contributed by atoms with Crippen molar-refractivity contribution in [1.29, 1.82) is 0 Å². The zero-order valence-electron chi connectivity index (χ0n) is 13.5. The Kier molecular flexibility index (Phi) is 5.37. The van der Waals surface area contributed by atoms with Gasteiger partial charge in [-0.3, -0.25) is 4.90 Å². The number of benzene rings is 2. The molecule has 4 nitrogen and oxygen atoms in total. The minimum atomic E-state index is 0.780. The highest BCUT2D eigenvalue weighted by molar-refractivity contribution is 5.53. The first kappa shape index (κ1) is 15.7. The van der Waals surface area contributed by atoms with Crippen LogP contribution >= 0.6 is 0 Å². The summed E-state index contributed by atoms with van der Waals surface area (Å²) in [6, 6.07) is 18.2. The Morgan fingerprint density at radius 2 is 1.57 bits per heavy atom. The van der Waals surface area contributed by atoms with Crippen molar-refractivity contribution >= 4 is 11.4 Å². The summed E-state index contributed by atoms with van der Waals surface area (Å²) < 4.78 is 5.75. The van der Waals surface area contributed by atoms with Gasteiger partial charge >= 0.3 is 0 Å². The molecule has 3 rings (SSSR count). The van der Waals surface area contributed by atoms with Gasteiger partial charge in [0.1, 0.15) is 5.75 Å². The number of hydrogen-bond donors (Lipinski definition) is 1. The number of hydrogen-bond acceptors (Lipinski definition) is 4. The normalized spacial score (nSPS) is 15.6. The molecule has 2 aromatic rings. The summed E-state index contributed by atoms with van der Waals surface area (Å²) in [4.78, 5) is 4.94. The summed E-state index contributed by atoms with van der Waals surface area (Å²) in [5.41, 5.74) is 7.84. The number of nitrogen functional groups attached to an aromatic ring is 1.